The summed E-state index contributed by atoms with van der Waals surface area (Å²) in [6, 6.07) is 4.50. The summed E-state index contributed by atoms with van der Waals surface area (Å²) in [5.41, 5.74) is 12.1. The molecule has 0 radical (unpaired) electrons. The molecule has 2 unspecified atom stereocenters. The number of benzene rings is 1. The number of nitrogens with one attached hydrogen (secondary N) is 1. The lowest BCUT2D eigenvalue weighted by atomic mass is 9.98. The van der Waals surface area contributed by atoms with E-state index < -0.39 is 0 Å². The van der Waals surface area contributed by atoms with Crippen molar-refractivity contribution in [2.24, 2.45) is 16.6 Å². The van der Waals surface area contributed by atoms with Crippen LogP contribution in [-0.2, 0) is 0 Å². The van der Waals surface area contributed by atoms with Crippen molar-refractivity contribution in [1.82, 2.24) is 9.97 Å². The molecule has 0 fully saturated rings. The van der Waals surface area contributed by atoms with E-state index in [0.29, 0.717) is 16.3 Å². The predicted octanol–water partition coefficient (Wildman–Crippen LogP) is 5.69. The third-order valence-electron chi connectivity index (χ3n) is 5.51. The fourth-order valence-corrected chi connectivity index (χ4v) is 5.09. The third kappa shape index (κ3) is 4.90. The zero-order valence-corrected chi connectivity index (χ0v) is 19.1. The van der Waals surface area contributed by atoms with Crippen LogP contribution in [0.5, 0.6) is 0 Å². The summed E-state index contributed by atoms with van der Waals surface area (Å²) in [7, 11) is 0. The molecule has 3 atom stereocenters. The molecule has 0 saturated carbocycles. The molecule has 0 amide bonds. The minimum absolute atomic E-state index is 0.235. The summed E-state index contributed by atoms with van der Waals surface area (Å²) in [6.45, 7) is 6.45. The molecular weight excluding hydrogens is 402 g/mol. The molecule has 160 valence electrons. The van der Waals surface area contributed by atoms with Crippen LogP contribution in [0.4, 0.5) is 5.69 Å². The van der Waals surface area contributed by atoms with Gasteiger partial charge in [0.15, 0.2) is 5.17 Å². The zero-order chi connectivity index (χ0) is 21.8. The second-order valence-corrected chi connectivity index (χ2v) is 9.20. The lowest BCUT2D eigenvalue weighted by Crippen LogP contribution is -2.15. The van der Waals surface area contributed by atoms with Crippen LogP contribution in [-0.4, -0.2) is 26.4 Å². The largest absolute Gasteiger partial charge is 0.379 e. The summed E-state index contributed by atoms with van der Waals surface area (Å²) in [5.74, 6) is 0.415. The normalized spacial score (nSPS) is 22.2. The average Bonchev–Trinajstić information content (AvgIpc) is 3.02. The molecule has 2 aromatic rings. The van der Waals surface area contributed by atoms with E-state index in [1.54, 1.807) is 24.2 Å². The Hall–Kier alpha value is -2.86. The number of hydrogen-bond donors (Lipinski definition) is 2. The zero-order valence-electron chi connectivity index (χ0n) is 18.2. The van der Waals surface area contributed by atoms with Gasteiger partial charge in [-0.3, -0.25) is 9.97 Å². The molecule has 1 aromatic carbocycles. The number of aromatic nitrogens is 2. The first-order chi connectivity index (χ1) is 15.1. The molecule has 0 saturated heterocycles. The molecule has 3 N–H and O–H groups in total. The number of anilines is 1. The second-order valence-electron chi connectivity index (χ2n) is 7.98. The van der Waals surface area contributed by atoms with E-state index in [0.717, 1.165) is 46.4 Å². The summed E-state index contributed by atoms with van der Waals surface area (Å²) < 4.78 is 0. The van der Waals surface area contributed by atoms with Crippen molar-refractivity contribution in [3.8, 4) is 0 Å². The molecule has 4 rings (SSSR count). The van der Waals surface area contributed by atoms with Crippen LogP contribution in [0.25, 0.3) is 16.6 Å². The molecule has 2 aliphatic rings. The number of allylic oxidation sites excluding steroid dienone is 6. The molecule has 1 aromatic heterocycles. The number of thioether (sulfide) groups is 1. The summed E-state index contributed by atoms with van der Waals surface area (Å²) >= 11 is 1.66. The Kier molecular flexibility index (Phi) is 6.56. The van der Waals surface area contributed by atoms with Gasteiger partial charge in [-0.1, -0.05) is 56.0 Å². The van der Waals surface area contributed by atoms with Crippen LogP contribution in [0.3, 0.4) is 0 Å². The average molecular weight is 432 g/mol. The van der Waals surface area contributed by atoms with Crippen LogP contribution >= 0.6 is 11.8 Å². The minimum atomic E-state index is 0.235. The molecule has 31 heavy (non-hydrogen) atoms. The van der Waals surface area contributed by atoms with Crippen LogP contribution in [0.2, 0.25) is 0 Å². The van der Waals surface area contributed by atoms with Crippen LogP contribution in [0.1, 0.15) is 39.2 Å². The SMILES string of the molecule is C/C=C\C=C/C(CC)Nc1cc(C2=C[C@@H](C)CC3SC(N)=NC3=C2)c2nccnc2c1. The first kappa shape index (κ1) is 21.4. The molecule has 2 heterocycles. The Bertz CT molecular complexity index is 1110. The lowest BCUT2D eigenvalue weighted by molar-refractivity contribution is 0.662. The van der Waals surface area contributed by atoms with Gasteiger partial charge in [-0.15, -0.1) is 0 Å². The number of rotatable bonds is 6. The number of nitrogens with two attached hydrogens (primary N) is 1. The van der Waals surface area contributed by atoms with Crippen LogP contribution < -0.4 is 11.1 Å². The fourth-order valence-electron chi connectivity index (χ4n) is 4.00. The quantitative estimate of drug-likeness (QED) is 0.575. The first-order valence-electron chi connectivity index (χ1n) is 10.8. The standard InChI is InChI=1S/C25H29N5S/c1-4-6-7-8-18(5-2)29-19-14-20(24-22(15-19)27-9-10-28-24)17-11-16(3)12-23-21(13-17)30-25(26)31-23/h4,6-11,13-16,18,23,29H,5,12H2,1-3H3,(H2,26,30)/b6-4-,8-7-/t16-,18?,23?/m1/s1. The number of nitrogens with zero attached hydrogens (tertiary/aromatic N) is 3. The molecule has 0 spiro atoms. The fraction of sp³-hybridized carbons (Fsp3) is 0.320. The van der Waals surface area contributed by atoms with Gasteiger partial charge in [-0.05, 0) is 49.5 Å². The Morgan fingerprint density at radius 1 is 1.26 bits per heavy atom. The van der Waals surface area contributed by atoms with E-state index in [1.807, 2.05) is 19.1 Å². The monoisotopic (exact) mass is 431 g/mol. The maximum absolute atomic E-state index is 6.02. The van der Waals surface area contributed by atoms with Gasteiger partial charge in [0.05, 0.1) is 22.0 Å². The number of amidine groups is 1. The molecule has 1 aliphatic heterocycles. The Balaban J connectivity index is 1.78. The molecule has 1 aliphatic carbocycles. The lowest BCUT2D eigenvalue weighted by Gasteiger charge is -2.17. The van der Waals surface area contributed by atoms with Crippen molar-refractivity contribution < 1.29 is 0 Å². The van der Waals surface area contributed by atoms with Crippen LogP contribution in [0.15, 0.2) is 71.7 Å². The Morgan fingerprint density at radius 3 is 2.90 bits per heavy atom. The van der Waals surface area contributed by atoms with Crippen molar-refractivity contribution in [2.75, 3.05) is 5.32 Å². The minimum Gasteiger partial charge on any atom is -0.379 e. The molecule has 0 bridgehead atoms. The van der Waals surface area contributed by atoms with Crippen molar-refractivity contribution in [2.45, 2.75) is 44.9 Å². The third-order valence-corrected chi connectivity index (χ3v) is 6.56. The highest BCUT2D eigenvalue weighted by Gasteiger charge is 2.28. The number of hydrogen-bond acceptors (Lipinski definition) is 6. The van der Waals surface area contributed by atoms with E-state index in [9.17, 15) is 0 Å². The van der Waals surface area contributed by atoms with Gasteiger partial charge < -0.3 is 11.1 Å². The highest BCUT2D eigenvalue weighted by molar-refractivity contribution is 8.14. The number of fused-ring (bicyclic) bond motifs is 2. The summed E-state index contributed by atoms with van der Waals surface area (Å²) in [6.07, 6.45) is 18.4. The Labute approximate surface area is 188 Å². The molecule has 5 nitrogen and oxygen atoms in total. The van der Waals surface area contributed by atoms with Gasteiger partial charge in [0.2, 0.25) is 0 Å². The highest BCUT2D eigenvalue weighted by Crippen LogP contribution is 2.39. The molecular formula is C25H29N5S. The van der Waals surface area contributed by atoms with Crippen molar-refractivity contribution in [3.05, 3.63) is 72.2 Å². The predicted molar refractivity (Wildman–Crippen MR) is 134 cm³/mol. The van der Waals surface area contributed by atoms with E-state index in [4.69, 9.17) is 5.73 Å². The highest BCUT2D eigenvalue weighted by atomic mass is 32.2. The summed E-state index contributed by atoms with van der Waals surface area (Å²) in [5, 5.41) is 4.63. The maximum Gasteiger partial charge on any atom is 0.159 e. The number of aliphatic imine (C=N–C) groups is 1. The Morgan fingerprint density at radius 2 is 2.10 bits per heavy atom. The smallest absolute Gasteiger partial charge is 0.159 e. The van der Waals surface area contributed by atoms with Crippen LogP contribution in [0, 0.1) is 5.92 Å². The van der Waals surface area contributed by atoms with E-state index in [2.05, 4.69) is 70.6 Å². The van der Waals surface area contributed by atoms with Gasteiger partial charge in [-0.25, -0.2) is 4.99 Å². The van der Waals surface area contributed by atoms with E-state index >= 15 is 0 Å². The van der Waals surface area contributed by atoms with Crippen molar-refractivity contribution >= 4 is 39.2 Å². The van der Waals surface area contributed by atoms with Crippen molar-refractivity contribution in [1.29, 1.82) is 0 Å². The topological polar surface area (TPSA) is 76.2 Å². The van der Waals surface area contributed by atoms with Gasteiger partial charge in [0.1, 0.15) is 0 Å². The van der Waals surface area contributed by atoms with Gasteiger partial charge >= 0.3 is 0 Å². The van der Waals surface area contributed by atoms with E-state index in [-0.39, 0.29) is 6.04 Å². The van der Waals surface area contributed by atoms with Gasteiger partial charge in [0.25, 0.3) is 0 Å². The van der Waals surface area contributed by atoms with E-state index in [1.165, 1.54) is 0 Å². The molecule has 6 heteroatoms. The van der Waals surface area contributed by atoms with Crippen molar-refractivity contribution in [3.63, 3.8) is 0 Å². The summed E-state index contributed by atoms with van der Waals surface area (Å²) in [4.78, 5) is 13.9. The van der Waals surface area contributed by atoms with Gasteiger partial charge in [0, 0.05) is 29.7 Å². The maximum atomic E-state index is 6.02. The van der Waals surface area contributed by atoms with Gasteiger partial charge in [-0.2, -0.15) is 0 Å². The first-order valence-corrected chi connectivity index (χ1v) is 11.7. The second kappa shape index (κ2) is 9.52.